The third kappa shape index (κ3) is 9.04. The van der Waals surface area contributed by atoms with Crippen molar-refractivity contribution in [2.45, 2.75) is 72.8 Å². The molecular weight excluding hydrogens is 436 g/mol. The predicted octanol–water partition coefficient (Wildman–Crippen LogP) is 6.26. The smallest absolute Gasteiger partial charge is 0.227 e. The summed E-state index contributed by atoms with van der Waals surface area (Å²) in [6, 6.07) is 17.2. The van der Waals surface area contributed by atoms with Crippen molar-refractivity contribution in [3.63, 3.8) is 0 Å². The molecule has 0 radical (unpaired) electrons. The lowest BCUT2D eigenvalue weighted by Crippen LogP contribution is -2.41. The highest BCUT2D eigenvalue weighted by atomic mass is 16.5. The maximum atomic E-state index is 13.1. The molecular formula is C30H44N2O3. The molecule has 2 N–H and O–H groups in total. The van der Waals surface area contributed by atoms with Crippen molar-refractivity contribution in [2.75, 3.05) is 13.2 Å². The monoisotopic (exact) mass is 480 g/mol. The lowest BCUT2D eigenvalue weighted by atomic mass is 9.92. The summed E-state index contributed by atoms with van der Waals surface area (Å²) >= 11 is 0. The van der Waals surface area contributed by atoms with Gasteiger partial charge in [0.05, 0.1) is 18.6 Å². The largest absolute Gasteiger partial charge is 0.493 e. The van der Waals surface area contributed by atoms with Gasteiger partial charge in [-0.1, -0.05) is 89.9 Å². The standard InChI is InChI=1S/C30H44N2O3/c1-7-12-21(3)20-35-27-17-15-26(16-18-27)28(19-31-29(33)23(5)22(4)8-2)32-30(34)24(6)25-13-10-9-11-14-25/h9-11,13-18,21-24,28H,7-8,12,19-20H2,1-6H3,(H,31,33)(H,32,34). The highest BCUT2D eigenvalue weighted by Gasteiger charge is 2.23. The minimum absolute atomic E-state index is 0.0135. The normalized spacial score (nSPS) is 15.4. The first-order valence-electron chi connectivity index (χ1n) is 13.1. The van der Waals surface area contributed by atoms with Crippen LogP contribution in [0.1, 0.15) is 83.9 Å². The molecule has 192 valence electrons. The molecule has 0 aliphatic rings. The fraction of sp³-hybridized carbons (Fsp3) is 0.533. The Morgan fingerprint density at radius 2 is 1.51 bits per heavy atom. The Morgan fingerprint density at radius 1 is 0.857 bits per heavy atom. The predicted molar refractivity (Wildman–Crippen MR) is 143 cm³/mol. The number of nitrogens with one attached hydrogen (secondary N) is 2. The van der Waals surface area contributed by atoms with Crippen LogP contribution in [0.2, 0.25) is 0 Å². The van der Waals surface area contributed by atoms with Crippen LogP contribution in [0.4, 0.5) is 0 Å². The average molecular weight is 481 g/mol. The van der Waals surface area contributed by atoms with Crippen LogP contribution in [-0.4, -0.2) is 25.0 Å². The van der Waals surface area contributed by atoms with Crippen molar-refractivity contribution in [3.05, 3.63) is 65.7 Å². The molecule has 2 aromatic carbocycles. The van der Waals surface area contributed by atoms with Crippen LogP contribution in [0.25, 0.3) is 0 Å². The van der Waals surface area contributed by atoms with Crippen LogP contribution in [-0.2, 0) is 9.59 Å². The molecule has 0 fully saturated rings. The highest BCUT2D eigenvalue weighted by molar-refractivity contribution is 5.84. The first-order valence-corrected chi connectivity index (χ1v) is 13.1. The maximum Gasteiger partial charge on any atom is 0.227 e. The third-order valence-electron chi connectivity index (χ3n) is 7.00. The van der Waals surface area contributed by atoms with Crippen LogP contribution in [0.5, 0.6) is 5.75 Å². The Bertz CT molecular complexity index is 898. The molecule has 5 heteroatoms. The summed E-state index contributed by atoms with van der Waals surface area (Å²) in [5.74, 6) is 1.19. The van der Waals surface area contributed by atoms with Crippen LogP contribution in [0.15, 0.2) is 54.6 Å². The second-order valence-corrected chi connectivity index (χ2v) is 9.89. The number of ether oxygens (including phenoxy) is 1. The molecule has 0 aliphatic heterocycles. The minimum atomic E-state index is -0.338. The lowest BCUT2D eigenvalue weighted by Gasteiger charge is -2.24. The second-order valence-electron chi connectivity index (χ2n) is 9.89. The molecule has 5 unspecified atom stereocenters. The summed E-state index contributed by atoms with van der Waals surface area (Å²) in [6.45, 7) is 13.4. The zero-order chi connectivity index (χ0) is 25.8. The first-order chi connectivity index (χ1) is 16.8. The van der Waals surface area contributed by atoms with Crippen LogP contribution < -0.4 is 15.4 Å². The molecule has 0 aliphatic carbocycles. The number of rotatable bonds is 14. The molecule has 5 atom stereocenters. The summed E-state index contributed by atoms with van der Waals surface area (Å²) in [5.41, 5.74) is 1.90. The molecule has 2 rings (SSSR count). The van der Waals surface area contributed by atoms with Crippen LogP contribution >= 0.6 is 0 Å². The fourth-order valence-corrected chi connectivity index (χ4v) is 4.03. The van der Waals surface area contributed by atoms with E-state index in [1.54, 1.807) is 0 Å². The average Bonchev–Trinajstić information content (AvgIpc) is 2.89. The number of amides is 2. The fourth-order valence-electron chi connectivity index (χ4n) is 4.03. The van der Waals surface area contributed by atoms with Gasteiger partial charge >= 0.3 is 0 Å². The molecule has 2 aromatic rings. The van der Waals surface area contributed by atoms with Gasteiger partial charge in [-0.3, -0.25) is 9.59 Å². The second kappa shape index (κ2) is 14.6. The van der Waals surface area contributed by atoms with E-state index >= 15 is 0 Å². The van der Waals surface area contributed by atoms with E-state index in [0.29, 0.717) is 25.0 Å². The van der Waals surface area contributed by atoms with Gasteiger partial charge in [0, 0.05) is 12.5 Å². The molecule has 0 saturated heterocycles. The Kier molecular flexibility index (Phi) is 11.8. The lowest BCUT2D eigenvalue weighted by molar-refractivity contribution is -0.127. The van der Waals surface area contributed by atoms with Crippen LogP contribution in [0, 0.1) is 17.8 Å². The van der Waals surface area contributed by atoms with E-state index < -0.39 is 0 Å². The number of benzene rings is 2. The van der Waals surface area contributed by atoms with Crippen molar-refractivity contribution in [2.24, 2.45) is 17.8 Å². The van der Waals surface area contributed by atoms with Gasteiger partial charge in [-0.15, -0.1) is 0 Å². The van der Waals surface area contributed by atoms with Gasteiger partial charge in [0.15, 0.2) is 0 Å². The Labute approximate surface area is 212 Å². The van der Waals surface area contributed by atoms with E-state index in [9.17, 15) is 9.59 Å². The van der Waals surface area contributed by atoms with Crippen molar-refractivity contribution in [3.8, 4) is 5.75 Å². The summed E-state index contributed by atoms with van der Waals surface area (Å²) in [6.07, 6.45) is 3.23. The topological polar surface area (TPSA) is 67.4 Å². The van der Waals surface area contributed by atoms with Gasteiger partial charge in [0.2, 0.25) is 11.8 Å². The number of hydrogen-bond donors (Lipinski definition) is 2. The Balaban J connectivity index is 2.13. The van der Waals surface area contributed by atoms with Crippen LogP contribution in [0.3, 0.4) is 0 Å². The SMILES string of the molecule is CCCC(C)COc1ccc(C(CNC(=O)C(C)C(C)CC)NC(=O)C(C)c2ccccc2)cc1. The zero-order valence-corrected chi connectivity index (χ0v) is 22.3. The summed E-state index contributed by atoms with van der Waals surface area (Å²) in [7, 11) is 0. The van der Waals surface area contributed by atoms with E-state index in [4.69, 9.17) is 4.74 Å². The summed E-state index contributed by atoms with van der Waals surface area (Å²) in [5, 5.41) is 6.23. The molecule has 0 bridgehead atoms. The van der Waals surface area contributed by atoms with Crippen molar-refractivity contribution in [1.29, 1.82) is 0 Å². The van der Waals surface area contributed by atoms with Crippen molar-refractivity contribution in [1.82, 2.24) is 10.6 Å². The summed E-state index contributed by atoms with van der Waals surface area (Å²) in [4.78, 5) is 25.9. The molecule has 0 spiro atoms. The number of carbonyl (C=O) groups is 2. The number of carbonyl (C=O) groups excluding carboxylic acids is 2. The molecule has 0 heterocycles. The third-order valence-corrected chi connectivity index (χ3v) is 7.00. The molecule has 0 aromatic heterocycles. The zero-order valence-electron chi connectivity index (χ0n) is 22.3. The van der Waals surface area contributed by atoms with Crippen molar-refractivity contribution >= 4 is 11.8 Å². The van der Waals surface area contributed by atoms with E-state index in [1.807, 2.05) is 68.4 Å². The van der Waals surface area contributed by atoms with E-state index in [1.165, 1.54) is 0 Å². The van der Waals surface area contributed by atoms with Gasteiger partial charge in [-0.25, -0.2) is 0 Å². The molecule has 5 nitrogen and oxygen atoms in total. The molecule has 0 saturated carbocycles. The molecule has 2 amide bonds. The number of hydrogen-bond acceptors (Lipinski definition) is 3. The van der Waals surface area contributed by atoms with Crippen molar-refractivity contribution < 1.29 is 14.3 Å². The maximum absolute atomic E-state index is 13.1. The van der Waals surface area contributed by atoms with E-state index in [0.717, 1.165) is 36.1 Å². The first kappa shape index (κ1) is 28.4. The van der Waals surface area contributed by atoms with Gasteiger partial charge in [-0.05, 0) is 48.4 Å². The Hall–Kier alpha value is -2.82. The van der Waals surface area contributed by atoms with Gasteiger partial charge in [0.25, 0.3) is 0 Å². The van der Waals surface area contributed by atoms with E-state index in [-0.39, 0.29) is 29.7 Å². The minimum Gasteiger partial charge on any atom is -0.493 e. The van der Waals surface area contributed by atoms with Gasteiger partial charge < -0.3 is 15.4 Å². The molecule has 35 heavy (non-hydrogen) atoms. The van der Waals surface area contributed by atoms with E-state index in [2.05, 4.69) is 38.3 Å². The summed E-state index contributed by atoms with van der Waals surface area (Å²) < 4.78 is 5.94. The van der Waals surface area contributed by atoms with Gasteiger partial charge in [0.1, 0.15) is 5.75 Å². The highest BCUT2D eigenvalue weighted by Crippen LogP contribution is 2.22. The van der Waals surface area contributed by atoms with Gasteiger partial charge in [-0.2, -0.15) is 0 Å². The Morgan fingerprint density at radius 3 is 2.11 bits per heavy atom. The quantitative estimate of drug-likeness (QED) is 0.335.